The van der Waals surface area contributed by atoms with Gasteiger partial charge in [0.05, 0.1) is 0 Å². The molecule has 0 atom stereocenters. The fourth-order valence-corrected chi connectivity index (χ4v) is 3.62. The molecule has 26 heavy (non-hydrogen) atoms. The van der Waals surface area contributed by atoms with Crippen molar-refractivity contribution in [3.05, 3.63) is 65.7 Å². The summed E-state index contributed by atoms with van der Waals surface area (Å²) in [6, 6.07) is 18.6. The number of hydrogen-bond acceptors (Lipinski definition) is 2. The number of rotatable bonds is 6. The number of para-hydroxylation sites is 1. The molecular weight excluding hydrogens is 322 g/mol. The van der Waals surface area contributed by atoms with Crippen LogP contribution in [0.3, 0.4) is 0 Å². The molecule has 1 aliphatic carbocycles. The molecule has 0 aliphatic heterocycles. The van der Waals surface area contributed by atoms with Crippen LogP contribution in [0.1, 0.15) is 56.1 Å². The molecule has 138 valence electrons. The van der Waals surface area contributed by atoms with Crippen LogP contribution in [0.5, 0.6) is 5.75 Å². The predicted molar refractivity (Wildman–Crippen MR) is 105 cm³/mol. The summed E-state index contributed by atoms with van der Waals surface area (Å²) in [7, 11) is 0. The zero-order valence-electron chi connectivity index (χ0n) is 15.5. The van der Waals surface area contributed by atoms with Gasteiger partial charge < -0.3 is 10.1 Å². The molecule has 0 heterocycles. The third kappa shape index (κ3) is 5.91. The van der Waals surface area contributed by atoms with E-state index in [1.165, 1.54) is 37.7 Å². The molecule has 1 N–H and O–H groups in total. The SMILES string of the molecule is O=C(COc1ccccc1Cc1ccccc1)NC1CCCCCCC1. The lowest BCUT2D eigenvalue weighted by molar-refractivity contribution is -0.123. The molecule has 1 amide bonds. The highest BCUT2D eigenvalue weighted by Gasteiger charge is 2.15. The van der Waals surface area contributed by atoms with Crippen molar-refractivity contribution in [2.45, 2.75) is 57.4 Å². The van der Waals surface area contributed by atoms with Crippen LogP contribution in [-0.4, -0.2) is 18.6 Å². The van der Waals surface area contributed by atoms with E-state index in [-0.39, 0.29) is 12.5 Å². The highest BCUT2D eigenvalue weighted by molar-refractivity contribution is 5.77. The van der Waals surface area contributed by atoms with Gasteiger partial charge in [0, 0.05) is 12.5 Å². The minimum absolute atomic E-state index is 0.00918. The predicted octanol–water partition coefficient (Wildman–Crippen LogP) is 4.89. The van der Waals surface area contributed by atoms with Crippen molar-refractivity contribution < 1.29 is 9.53 Å². The second-order valence-corrected chi connectivity index (χ2v) is 7.17. The van der Waals surface area contributed by atoms with Gasteiger partial charge in [0.1, 0.15) is 5.75 Å². The fourth-order valence-electron chi connectivity index (χ4n) is 3.62. The van der Waals surface area contributed by atoms with E-state index in [0.29, 0.717) is 6.04 Å². The van der Waals surface area contributed by atoms with Gasteiger partial charge in [0.15, 0.2) is 6.61 Å². The van der Waals surface area contributed by atoms with Crippen molar-refractivity contribution in [3.63, 3.8) is 0 Å². The minimum Gasteiger partial charge on any atom is -0.483 e. The van der Waals surface area contributed by atoms with Gasteiger partial charge in [-0.2, -0.15) is 0 Å². The molecule has 3 heteroatoms. The first-order valence-electron chi connectivity index (χ1n) is 9.85. The lowest BCUT2D eigenvalue weighted by Crippen LogP contribution is -2.38. The maximum Gasteiger partial charge on any atom is 0.258 e. The maximum atomic E-state index is 12.3. The van der Waals surface area contributed by atoms with Crippen molar-refractivity contribution in [2.75, 3.05) is 6.61 Å². The molecule has 0 radical (unpaired) electrons. The number of carbonyl (C=O) groups excluding carboxylic acids is 1. The molecule has 0 bridgehead atoms. The molecular formula is C23H29NO2. The monoisotopic (exact) mass is 351 g/mol. The Labute approximate surface area is 156 Å². The van der Waals surface area contributed by atoms with E-state index in [1.807, 2.05) is 36.4 Å². The molecule has 1 saturated carbocycles. The summed E-state index contributed by atoms with van der Waals surface area (Å²) >= 11 is 0. The van der Waals surface area contributed by atoms with E-state index in [1.54, 1.807) is 0 Å². The molecule has 2 aromatic rings. The second-order valence-electron chi connectivity index (χ2n) is 7.17. The first-order chi connectivity index (χ1) is 12.8. The van der Waals surface area contributed by atoms with E-state index >= 15 is 0 Å². The summed E-state index contributed by atoms with van der Waals surface area (Å²) in [6.07, 6.45) is 9.33. The molecule has 1 aliphatic rings. The average molecular weight is 351 g/mol. The van der Waals surface area contributed by atoms with E-state index in [9.17, 15) is 4.79 Å². The Morgan fingerprint density at radius 3 is 2.31 bits per heavy atom. The molecule has 0 aromatic heterocycles. The van der Waals surface area contributed by atoms with Gasteiger partial charge in [-0.1, -0.05) is 80.6 Å². The van der Waals surface area contributed by atoms with Crippen LogP contribution >= 0.6 is 0 Å². The second kappa shape index (κ2) is 10.0. The Hall–Kier alpha value is -2.29. The molecule has 2 aromatic carbocycles. The Morgan fingerprint density at radius 1 is 0.885 bits per heavy atom. The van der Waals surface area contributed by atoms with Gasteiger partial charge >= 0.3 is 0 Å². The quantitative estimate of drug-likeness (QED) is 0.805. The highest BCUT2D eigenvalue weighted by atomic mass is 16.5. The summed E-state index contributed by atoms with van der Waals surface area (Å²) in [5.74, 6) is 0.786. The van der Waals surface area contributed by atoms with Crippen molar-refractivity contribution >= 4 is 5.91 Å². The van der Waals surface area contributed by atoms with Crippen LogP contribution in [0.25, 0.3) is 0 Å². The third-order valence-electron chi connectivity index (χ3n) is 5.04. The normalized spacial score (nSPS) is 15.7. The number of amides is 1. The minimum atomic E-state index is -0.00918. The molecule has 3 rings (SSSR count). The Morgan fingerprint density at radius 2 is 1.54 bits per heavy atom. The zero-order valence-corrected chi connectivity index (χ0v) is 15.5. The number of nitrogens with one attached hydrogen (secondary N) is 1. The van der Waals surface area contributed by atoms with Crippen LogP contribution in [0.4, 0.5) is 0 Å². The highest BCUT2D eigenvalue weighted by Crippen LogP contribution is 2.21. The summed E-state index contributed by atoms with van der Waals surface area (Å²) in [6.45, 7) is 0.0856. The average Bonchev–Trinajstić information content (AvgIpc) is 2.64. The lowest BCUT2D eigenvalue weighted by atomic mass is 9.97. The van der Waals surface area contributed by atoms with Gasteiger partial charge in [-0.3, -0.25) is 4.79 Å². The van der Waals surface area contributed by atoms with Crippen LogP contribution in [0, 0.1) is 0 Å². The van der Waals surface area contributed by atoms with Crippen molar-refractivity contribution in [2.24, 2.45) is 0 Å². The van der Waals surface area contributed by atoms with Gasteiger partial charge in [-0.25, -0.2) is 0 Å². The number of benzene rings is 2. The number of carbonyl (C=O) groups is 1. The van der Waals surface area contributed by atoms with Crippen LogP contribution < -0.4 is 10.1 Å². The zero-order chi connectivity index (χ0) is 18.0. The van der Waals surface area contributed by atoms with E-state index in [2.05, 4.69) is 23.5 Å². The topological polar surface area (TPSA) is 38.3 Å². The van der Waals surface area contributed by atoms with Gasteiger partial charge in [0.2, 0.25) is 0 Å². The summed E-state index contributed by atoms with van der Waals surface area (Å²) in [5, 5.41) is 3.16. The largest absolute Gasteiger partial charge is 0.483 e. The molecule has 1 fully saturated rings. The third-order valence-corrected chi connectivity index (χ3v) is 5.04. The molecule has 0 saturated heterocycles. The Kier molecular flexibility index (Phi) is 7.12. The first-order valence-corrected chi connectivity index (χ1v) is 9.85. The smallest absolute Gasteiger partial charge is 0.258 e. The maximum absolute atomic E-state index is 12.3. The number of hydrogen-bond donors (Lipinski definition) is 1. The van der Waals surface area contributed by atoms with E-state index in [0.717, 1.165) is 30.6 Å². The summed E-state index contributed by atoms with van der Waals surface area (Å²) in [5.41, 5.74) is 2.35. The molecule has 3 nitrogen and oxygen atoms in total. The lowest BCUT2D eigenvalue weighted by Gasteiger charge is -2.21. The van der Waals surface area contributed by atoms with Crippen molar-refractivity contribution in [1.82, 2.24) is 5.32 Å². The Balaban J connectivity index is 1.53. The van der Waals surface area contributed by atoms with Crippen LogP contribution in [-0.2, 0) is 11.2 Å². The van der Waals surface area contributed by atoms with E-state index in [4.69, 9.17) is 4.74 Å². The van der Waals surface area contributed by atoms with E-state index < -0.39 is 0 Å². The first kappa shape index (κ1) is 18.5. The van der Waals surface area contributed by atoms with Crippen molar-refractivity contribution in [1.29, 1.82) is 0 Å². The molecule has 0 unspecified atom stereocenters. The Bertz CT molecular complexity index is 676. The van der Waals surface area contributed by atoms with Crippen LogP contribution in [0.2, 0.25) is 0 Å². The van der Waals surface area contributed by atoms with Crippen LogP contribution in [0.15, 0.2) is 54.6 Å². The molecule has 0 spiro atoms. The van der Waals surface area contributed by atoms with Gasteiger partial charge in [0.25, 0.3) is 5.91 Å². The fraction of sp³-hybridized carbons (Fsp3) is 0.435. The van der Waals surface area contributed by atoms with Crippen molar-refractivity contribution in [3.8, 4) is 5.75 Å². The van der Waals surface area contributed by atoms with Gasteiger partial charge in [-0.15, -0.1) is 0 Å². The number of ether oxygens (including phenoxy) is 1. The summed E-state index contributed by atoms with van der Waals surface area (Å²) in [4.78, 5) is 12.3. The van der Waals surface area contributed by atoms with Gasteiger partial charge in [-0.05, 0) is 30.0 Å². The standard InChI is InChI=1S/C23H29NO2/c25-23(24-21-14-7-2-1-3-8-15-21)18-26-22-16-10-9-13-20(22)17-19-11-5-4-6-12-19/h4-6,9-13,16,21H,1-3,7-8,14-15,17-18H2,(H,24,25). The summed E-state index contributed by atoms with van der Waals surface area (Å²) < 4.78 is 5.86.